The van der Waals surface area contributed by atoms with Crippen molar-refractivity contribution in [1.82, 2.24) is 9.62 Å². The third-order valence-corrected chi connectivity index (χ3v) is 8.17. The van der Waals surface area contributed by atoms with Gasteiger partial charge in [-0.2, -0.15) is 4.31 Å². The predicted octanol–water partition coefficient (Wildman–Crippen LogP) is 1.15. The summed E-state index contributed by atoms with van der Waals surface area (Å²) in [5, 5.41) is 3.17. The van der Waals surface area contributed by atoms with Crippen molar-refractivity contribution in [2.24, 2.45) is 0 Å². The quantitative estimate of drug-likeness (QED) is 0.742. The Balaban J connectivity index is 1.56. The van der Waals surface area contributed by atoms with Crippen LogP contribution in [0.3, 0.4) is 0 Å². The molecule has 1 saturated heterocycles. The van der Waals surface area contributed by atoms with Gasteiger partial charge in [0.05, 0.1) is 31.1 Å². The van der Waals surface area contributed by atoms with Crippen LogP contribution < -0.4 is 10.2 Å². The number of benzene rings is 1. The second-order valence-electron chi connectivity index (χ2n) is 8.50. The molecule has 0 bridgehead atoms. The van der Waals surface area contributed by atoms with E-state index < -0.39 is 10.0 Å². The molecule has 156 valence electrons. The average molecular weight is 409 g/mol. The number of hydrogen-bond donors (Lipinski definition) is 2. The molecule has 1 amide bonds. The summed E-state index contributed by atoms with van der Waals surface area (Å²) in [6, 6.07) is 7.40. The summed E-state index contributed by atoms with van der Waals surface area (Å²) < 4.78 is 27.5. The smallest absolute Gasteiger partial charge is 0.278 e. The van der Waals surface area contributed by atoms with Crippen LogP contribution in [0.15, 0.2) is 29.2 Å². The van der Waals surface area contributed by atoms with Crippen LogP contribution in [-0.4, -0.2) is 56.9 Å². The Hall–Kier alpha value is -1.44. The van der Waals surface area contributed by atoms with E-state index in [9.17, 15) is 13.2 Å². The number of carbonyl (C=O) groups is 1. The molecule has 1 aromatic rings. The largest absolute Gasteiger partial charge is 0.348 e. The number of piperazine rings is 1. The third kappa shape index (κ3) is 4.75. The molecule has 28 heavy (non-hydrogen) atoms. The highest BCUT2D eigenvalue weighted by molar-refractivity contribution is 7.89. The highest BCUT2D eigenvalue weighted by atomic mass is 32.2. The maximum absolute atomic E-state index is 12.9. The summed E-state index contributed by atoms with van der Waals surface area (Å²) >= 11 is 0. The van der Waals surface area contributed by atoms with Gasteiger partial charge in [0.15, 0.2) is 6.04 Å². The van der Waals surface area contributed by atoms with Crippen molar-refractivity contribution in [3.8, 4) is 0 Å². The Morgan fingerprint density at radius 2 is 1.64 bits per heavy atom. The first-order chi connectivity index (χ1) is 13.3. The van der Waals surface area contributed by atoms with Crippen LogP contribution in [-0.2, 0) is 14.8 Å². The van der Waals surface area contributed by atoms with Crippen molar-refractivity contribution in [2.75, 3.05) is 26.2 Å². The number of nitrogens with one attached hydrogen (secondary N) is 2. The molecule has 0 unspecified atom stereocenters. The Morgan fingerprint density at radius 1 is 1.07 bits per heavy atom. The van der Waals surface area contributed by atoms with Gasteiger partial charge in [0.2, 0.25) is 10.0 Å². The lowest BCUT2D eigenvalue weighted by Gasteiger charge is -2.34. The number of hydrogen-bond acceptors (Lipinski definition) is 3. The van der Waals surface area contributed by atoms with E-state index in [-0.39, 0.29) is 11.9 Å². The molecular formula is C21H34N3O3S+. The Kier molecular flexibility index (Phi) is 6.78. The standard InChI is InChI=1S/C21H33N3O3S/c1-16(2)18-8-10-20(11-9-18)28(26,27)24-14-12-23(13-15-24)17(3)21(25)22-19-6-4-5-7-19/h8-11,16-17,19H,4-7,12-15H2,1-3H3,(H,22,25)/p+1/t17-/m1/s1. The van der Waals surface area contributed by atoms with Gasteiger partial charge in [0, 0.05) is 6.04 Å². The van der Waals surface area contributed by atoms with E-state index in [1.165, 1.54) is 12.8 Å². The summed E-state index contributed by atoms with van der Waals surface area (Å²) in [5.74, 6) is 0.475. The number of carbonyl (C=O) groups excluding carboxylic acids is 1. The zero-order valence-electron chi connectivity index (χ0n) is 17.3. The Morgan fingerprint density at radius 3 is 2.18 bits per heavy atom. The molecule has 1 aliphatic heterocycles. The van der Waals surface area contributed by atoms with E-state index >= 15 is 0 Å². The lowest BCUT2D eigenvalue weighted by molar-refractivity contribution is -0.917. The van der Waals surface area contributed by atoms with Crippen molar-refractivity contribution in [3.63, 3.8) is 0 Å². The molecule has 2 aliphatic rings. The summed E-state index contributed by atoms with van der Waals surface area (Å²) in [4.78, 5) is 14.0. The van der Waals surface area contributed by atoms with Crippen LogP contribution in [0.4, 0.5) is 0 Å². The van der Waals surface area contributed by atoms with E-state index in [0.717, 1.165) is 23.3 Å². The van der Waals surface area contributed by atoms with Crippen molar-refractivity contribution in [2.45, 2.75) is 69.4 Å². The van der Waals surface area contributed by atoms with Gasteiger partial charge >= 0.3 is 0 Å². The fraction of sp³-hybridized carbons (Fsp3) is 0.667. The molecule has 1 aromatic carbocycles. The van der Waals surface area contributed by atoms with Gasteiger partial charge in [-0.05, 0) is 43.4 Å². The molecular weight excluding hydrogens is 374 g/mol. The van der Waals surface area contributed by atoms with Crippen molar-refractivity contribution in [3.05, 3.63) is 29.8 Å². The van der Waals surface area contributed by atoms with E-state index in [1.54, 1.807) is 16.4 Å². The molecule has 0 aromatic heterocycles. The first-order valence-corrected chi connectivity index (χ1v) is 12.0. The summed E-state index contributed by atoms with van der Waals surface area (Å²) in [5.41, 5.74) is 1.13. The van der Waals surface area contributed by atoms with Gasteiger partial charge in [0.25, 0.3) is 5.91 Å². The number of nitrogens with zero attached hydrogens (tertiary/aromatic N) is 1. The van der Waals surface area contributed by atoms with Crippen LogP contribution >= 0.6 is 0 Å². The molecule has 1 aliphatic carbocycles. The van der Waals surface area contributed by atoms with Gasteiger partial charge in [-0.3, -0.25) is 4.79 Å². The molecule has 0 radical (unpaired) electrons. The van der Waals surface area contributed by atoms with E-state index in [4.69, 9.17) is 0 Å². The molecule has 2 N–H and O–H groups in total. The molecule has 6 nitrogen and oxygen atoms in total. The minimum absolute atomic E-state index is 0.0995. The molecule has 1 saturated carbocycles. The molecule has 7 heteroatoms. The van der Waals surface area contributed by atoms with Crippen LogP contribution in [0.2, 0.25) is 0 Å². The molecule has 3 rings (SSSR count). The minimum Gasteiger partial charge on any atom is -0.348 e. The highest BCUT2D eigenvalue weighted by Crippen LogP contribution is 2.20. The van der Waals surface area contributed by atoms with Gasteiger partial charge in [-0.1, -0.05) is 38.8 Å². The van der Waals surface area contributed by atoms with Crippen LogP contribution in [0, 0.1) is 0 Å². The lowest BCUT2D eigenvalue weighted by atomic mass is 10.0. The van der Waals surface area contributed by atoms with Crippen LogP contribution in [0.1, 0.15) is 57.9 Å². The molecule has 1 heterocycles. The number of quaternary nitrogens is 1. The van der Waals surface area contributed by atoms with Crippen molar-refractivity contribution < 1.29 is 18.1 Å². The van der Waals surface area contributed by atoms with Gasteiger partial charge < -0.3 is 10.2 Å². The zero-order chi connectivity index (χ0) is 20.3. The fourth-order valence-electron chi connectivity index (χ4n) is 4.20. The second kappa shape index (κ2) is 8.93. The van der Waals surface area contributed by atoms with Gasteiger partial charge in [0.1, 0.15) is 0 Å². The topological polar surface area (TPSA) is 70.9 Å². The van der Waals surface area contributed by atoms with Crippen molar-refractivity contribution in [1.29, 1.82) is 0 Å². The zero-order valence-corrected chi connectivity index (χ0v) is 18.1. The highest BCUT2D eigenvalue weighted by Gasteiger charge is 2.35. The number of sulfonamides is 1. The summed E-state index contributed by atoms with van der Waals surface area (Å²) in [6.45, 7) is 8.35. The normalized spacial score (nSPS) is 21.1. The number of amides is 1. The van der Waals surface area contributed by atoms with Crippen LogP contribution in [0.25, 0.3) is 0 Å². The third-order valence-electron chi connectivity index (χ3n) is 6.26. The molecule has 1 atom stereocenters. The maximum Gasteiger partial charge on any atom is 0.278 e. The summed E-state index contributed by atoms with van der Waals surface area (Å²) in [7, 11) is -3.47. The SMILES string of the molecule is CC(C)c1ccc(S(=O)(=O)N2CC[NH+]([C@H](C)C(=O)NC3CCCC3)CC2)cc1. The molecule has 0 spiro atoms. The van der Waals surface area contributed by atoms with Crippen molar-refractivity contribution >= 4 is 15.9 Å². The van der Waals surface area contributed by atoms with E-state index in [2.05, 4.69) is 19.2 Å². The van der Waals surface area contributed by atoms with E-state index in [0.29, 0.717) is 43.0 Å². The minimum atomic E-state index is -3.47. The molecule has 2 fully saturated rings. The predicted molar refractivity (Wildman–Crippen MR) is 110 cm³/mol. The first kappa shape index (κ1) is 21.3. The fourth-order valence-corrected chi connectivity index (χ4v) is 5.64. The van der Waals surface area contributed by atoms with E-state index in [1.807, 2.05) is 19.1 Å². The summed E-state index contributed by atoms with van der Waals surface area (Å²) in [6.07, 6.45) is 4.55. The lowest BCUT2D eigenvalue weighted by Crippen LogP contribution is -3.19. The second-order valence-corrected chi connectivity index (χ2v) is 10.4. The monoisotopic (exact) mass is 408 g/mol. The average Bonchev–Trinajstić information content (AvgIpc) is 3.20. The Bertz CT molecular complexity index is 763. The number of rotatable bonds is 6. The van der Waals surface area contributed by atoms with Crippen LogP contribution in [0.5, 0.6) is 0 Å². The first-order valence-electron chi connectivity index (χ1n) is 10.5. The van der Waals surface area contributed by atoms with Gasteiger partial charge in [-0.15, -0.1) is 0 Å². The Labute approximate surface area is 169 Å². The maximum atomic E-state index is 12.9. The van der Waals surface area contributed by atoms with Gasteiger partial charge in [-0.25, -0.2) is 8.42 Å².